The van der Waals surface area contributed by atoms with E-state index in [1.165, 1.54) is 10.6 Å². The number of carbonyl (C=O) groups excluding carboxylic acids is 1. The minimum absolute atomic E-state index is 0.0224. The van der Waals surface area contributed by atoms with Crippen molar-refractivity contribution in [1.82, 2.24) is 14.9 Å². The second-order valence-electron chi connectivity index (χ2n) is 5.48. The molecule has 1 amide bonds. The van der Waals surface area contributed by atoms with Crippen LogP contribution >= 0.6 is 0 Å². The van der Waals surface area contributed by atoms with Crippen LogP contribution in [0.1, 0.15) is 26.7 Å². The van der Waals surface area contributed by atoms with Gasteiger partial charge in [-0.1, -0.05) is 0 Å². The topological polar surface area (TPSA) is 78.5 Å². The number of carbonyl (C=O) groups is 1. The van der Waals surface area contributed by atoms with Gasteiger partial charge in [0.2, 0.25) is 15.9 Å². The van der Waals surface area contributed by atoms with Crippen LogP contribution in [0.4, 0.5) is 0 Å². The van der Waals surface area contributed by atoms with E-state index in [1.54, 1.807) is 0 Å². The van der Waals surface area contributed by atoms with Crippen molar-refractivity contribution in [3.05, 3.63) is 0 Å². The molecule has 1 aliphatic rings. The third-order valence-corrected chi connectivity index (χ3v) is 4.39. The Bertz CT molecular complexity index is 395. The zero-order valence-electron chi connectivity index (χ0n) is 12.0. The van der Waals surface area contributed by atoms with E-state index in [2.05, 4.69) is 10.6 Å². The molecule has 7 heteroatoms. The second-order valence-corrected chi connectivity index (χ2v) is 7.46. The molecule has 1 rings (SSSR count). The third-order valence-electron chi connectivity index (χ3n) is 3.12. The number of hydrogen-bond donors (Lipinski definition) is 2. The molecule has 1 fully saturated rings. The van der Waals surface area contributed by atoms with Crippen molar-refractivity contribution in [3.8, 4) is 0 Å². The van der Waals surface area contributed by atoms with Crippen molar-refractivity contribution in [2.45, 2.75) is 32.7 Å². The van der Waals surface area contributed by atoms with E-state index >= 15 is 0 Å². The lowest BCUT2D eigenvalue weighted by molar-refractivity contribution is -0.120. The van der Waals surface area contributed by atoms with Gasteiger partial charge in [-0.25, -0.2) is 12.7 Å². The molecule has 0 bridgehead atoms. The van der Waals surface area contributed by atoms with Crippen LogP contribution in [0.25, 0.3) is 0 Å². The highest BCUT2D eigenvalue weighted by atomic mass is 32.2. The van der Waals surface area contributed by atoms with E-state index < -0.39 is 10.0 Å². The number of nitrogens with zero attached hydrogens (tertiary/aromatic N) is 1. The fourth-order valence-corrected chi connectivity index (χ4v) is 3.20. The van der Waals surface area contributed by atoms with Crippen LogP contribution in [0.3, 0.4) is 0 Å². The number of amides is 1. The van der Waals surface area contributed by atoms with Gasteiger partial charge in [-0.3, -0.25) is 4.79 Å². The molecule has 112 valence electrons. The fraction of sp³-hybridized carbons (Fsp3) is 0.917. The molecule has 19 heavy (non-hydrogen) atoms. The summed E-state index contributed by atoms with van der Waals surface area (Å²) in [5, 5.41) is 5.90. The molecule has 0 saturated carbocycles. The molecule has 0 radical (unpaired) electrons. The van der Waals surface area contributed by atoms with Crippen LogP contribution in [0.15, 0.2) is 0 Å². The van der Waals surface area contributed by atoms with Gasteiger partial charge in [0.05, 0.1) is 12.8 Å². The first kappa shape index (κ1) is 16.4. The lowest BCUT2D eigenvalue weighted by Gasteiger charge is -2.31. The van der Waals surface area contributed by atoms with Crippen LogP contribution < -0.4 is 10.6 Å². The number of piperidine rings is 1. The molecule has 1 saturated heterocycles. The number of rotatable bonds is 6. The van der Waals surface area contributed by atoms with Gasteiger partial charge in [0.15, 0.2) is 0 Å². The monoisotopic (exact) mass is 291 g/mol. The zero-order chi connectivity index (χ0) is 14.5. The summed E-state index contributed by atoms with van der Waals surface area (Å²) in [4.78, 5) is 11.4. The Balaban J connectivity index is 2.28. The maximum atomic E-state index is 11.5. The minimum atomic E-state index is -3.09. The Morgan fingerprint density at radius 3 is 2.68 bits per heavy atom. The molecular formula is C12H25N3O3S. The van der Waals surface area contributed by atoms with Gasteiger partial charge >= 0.3 is 0 Å². The summed E-state index contributed by atoms with van der Waals surface area (Å²) < 4.78 is 24.5. The molecule has 0 aromatic heterocycles. The SMILES string of the molecule is CC(C)NC(=O)CNCC1CCCN(S(C)(=O)=O)C1. The summed E-state index contributed by atoms with van der Waals surface area (Å²) in [6.45, 7) is 5.97. The highest BCUT2D eigenvalue weighted by Gasteiger charge is 2.25. The largest absolute Gasteiger partial charge is 0.353 e. The minimum Gasteiger partial charge on any atom is -0.353 e. The first-order valence-electron chi connectivity index (χ1n) is 6.74. The van der Waals surface area contributed by atoms with Crippen LogP contribution in [-0.4, -0.2) is 57.1 Å². The van der Waals surface area contributed by atoms with E-state index in [0.29, 0.717) is 19.6 Å². The Morgan fingerprint density at radius 2 is 2.11 bits per heavy atom. The van der Waals surface area contributed by atoms with Crippen molar-refractivity contribution >= 4 is 15.9 Å². The molecule has 1 heterocycles. The van der Waals surface area contributed by atoms with Crippen molar-refractivity contribution in [3.63, 3.8) is 0 Å². The third kappa shape index (κ3) is 6.35. The molecule has 0 aromatic carbocycles. The highest BCUT2D eigenvalue weighted by molar-refractivity contribution is 7.88. The summed E-state index contributed by atoms with van der Waals surface area (Å²) >= 11 is 0. The molecule has 1 atom stereocenters. The quantitative estimate of drug-likeness (QED) is 0.709. The molecule has 6 nitrogen and oxygen atoms in total. The lowest BCUT2D eigenvalue weighted by Crippen LogP contribution is -2.44. The smallest absolute Gasteiger partial charge is 0.234 e. The molecule has 0 aromatic rings. The summed E-state index contributed by atoms with van der Waals surface area (Å²) in [7, 11) is -3.09. The fourth-order valence-electron chi connectivity index (χ4n) is 2.26. The zero-order valence-corrected chi connectivity index (χ0v) is 12.8. The normalized spacial score (nSPS) is 21.6. The van der Waals surface area contributed by atoms with Gasteiger partial charge in [0, 0.05) is 19.1 Å². The average molecular weight is 291 g/mol. The number of hydrogen-bond acceptors (Lipinski definition) is 4. The van der Waals surface area contributed by atoms with E-state index in [9.17, 15) is 13.2 Å². The van der Waals surface area contributed by atoms with Crippen molar-refractivity contribution in [2.24, 2.45) is 5.92 Å². The summed E-state index contributed by atoms with van der Waals surface area (Å²) in [6.07, 6.45) is 3.14. The molecule has 2 N–H and O–H groups in total. The van der Waals surface area contributed by atoms with Gasteiger partial charge in [0.25, 0.3) is 0 Å². The van der Waals surface area contributed by atoms with E-state index in [0.717, 1.165) is 12.8 Å². The molecule has 0 aliphatic carbocycles. The first-order chi connectivity index (χ1) is 8.79. The van der Waals surface area contributed by atoms with Gasteiger partial charge in [-0.15, -0.1) is 0 Å². The van der Waals surface area contributed by atoms with Gasteiger partial charge in [0.1, 0.15) is 0 Å². The van der Waals surface area contributed by atoms with Gasteiger partial charge in [-0.2, -0.15) is 0 Å². The Kier molecular flexibility index (Phi) is 6.22. The maximum Gasteiger partial charge on any atom is 0.234 e. The summed E-state index contributed by atoms with van der Waals surface area (Å²) in [5.41, 5.74) is 0. The van der Waals surface area contributed by atoms with Crippen molar-refractivity contribution in [1.29, 1.82) is 0 Å². The van der Waals surface area contributed by atoms with Gasteiger partial charge in [-0.05, 0) is 39.2 Å². The van der Waals surface area contributed by atoms with Crippen molar-refractivity contribution in [2.75, 3.05) is 32.4 Å². The Hall–Kier alpha value is -0.660. The maximum absolute atomic E-state index is 11.5. The summed E-state index contributed by atoms with van der Waals surface area (Å²) in [5.74, 6) is 0.265. The highest BCUT2D eigenvalue weighted by Crippen LogP contribution is 2.17. The van der Waals surface area contributed by atoms with Crippen LogP contribution in [-0.2, 0) is 14.8 Å². The van der Waals surface area contributed by atoms with Crippen LogP contribution in [0, 0.1) is 5.92 Å². The van der Waals surface area contributed by atoms with E-state index in [-0.39, 0.29) is 24.4 Å². The first-order valence-corrected chi connectivity index (χ1v) is 8.59. The number of nitrogens with one attached hydrogen (secondary N) is 2. The van der Waals surface area contributed by atoms with E-state index in [4.69, 9.17) is 0 Å². The van der Waals surface area contributed by atoms with Crippen LogP contribution in [0.5, 0.6) is 0 Å². The van der Waals surface area contributed by atoms with E-state index in [1.807, 2.05) is 13.8 Å². The Morgan fingerprint density at radius 1 is 1.42 bits per heavy atom. The van der Waals surface area contributed by atoms with Crippen molar-refractivity contribution < 1.29 is 13.2 Å². The summed E-state index contributed by atoms with van der Waals surface area (Å²) in [6, 6.07) is 0.143. The Labute approximate surface area is 116 Å². The second kappa shape index (κ2) is 7.21. The molecular weight excluding hydrogens is 266 g/mol. The lowest BCUT2D eigenvalue weighted by atomic mass is 10.00. The molecule has 0 spiro atoms. The molecule has 1 unspecified atom stereocenters. The number of sulfonamides is 1. The van der Waals surface area contributed by atoms with Crippen LogP contribution in [0.2, 0.25) is 0 Å². The van der Waals surface area contributed by atoms with Gasteiger partial charge < -0.3 is 10.6 Å². The standard InChI is InChI=1S/C12H25N3O3S/c1-10(2)14-12(16)8-13-7-11-5-4-6-15(9-11)19(3,17)18/h10-11,13H,4-9H2,1-3H3,(H,14,16). The predicted molar refractivity (Wildman–Crippen MR) is 75.3 cm³/mol. The average Bonchev–Trinajstić information content (AvgIpc) is 2.27. The predicted octanol–water partition coefficient (Wildman–Crippen LogP) is -0.228. The molecule has 1 aliphatic heterocycles.